The summed E-state index contributed by atoms with van der Waals surface area (Å²) in [6, 6.07) is 22.9. The minimum absolute atomic E-state index is 0.0205. The molecule has 1 saturated heterocycles. The van der Waals surface area contributed by atoms with E-state index in [1.165, 1.54) is 0 Å². The molecule has 9 nitrogen and oxygen atoms in total. The van der Waals surface area contributed by atoms with Gasteiger partial charge in [0.1, 0.15) is 11.3 Å². The molecule has 5 aromatic rings. The molecule has 0 radical (unpaired) electrons. The second-order valence-electron chi connectivity index (χ2n) is 9.59. The molecule has 0 bridgehead atoms. The number of imidazole rings is 1. The Bertz CT molecular complexity index is 1620. The van der Waals surface area contributed by atoms with Gasteiger partial charge in [-0.15, -0.1) is 0 Å². The van der Waals surface area contributed by atoms with Gasteiger partial charge in [0.2, 0.25) is 5.95 Å². The number of rotatable bonds is 6. The number of nitrogens with two attached hydrogens (primary N) is 1. The van der Waals surface area contributed by atoms with E-state index in [0.717, 1.165) is 28.2 Å². The summed E-state index contributed by atoms with van der Waals surface area (Å²) < 4.78 is 1.96. The highest BCUT2D eigenvalue weighted by atomic mass is 16.2. The Labute approximate surface area is 225 Å². The Morgan fingerprint density at radius 2 is 1.72 bits per heavy atom. The number of hydrogen-bond donors (Lipinski definition) is 2. The van der Waals surface area contributed by atoms with Crippen LogP contribution in [0.2, 0.25) is 0 Å². The number of aromatic nitrogens is 4. The van der Waals surface area contributed by atoms with Crippen LogP contribution in [0, 0.1) is 0 Å². The van der Waals surface area contributed by atoms with Crippen molar-refractivity contribution in [2.24, 2.45) is 5.73 Å². The molecule has 6 rings (SSSR count). The van der Waals surface area contributed by atoms with Crippen LogP contribution >= 0.6 is 0 Å². The lowest BCUT2D eigenvalue weighted by Gasteiger charge is -2.32. The highest BCUT2D eigenvalue weighted by molar-refractivity contribution is 5.95. The monoisotopic (exact) mass is 517 g/mol. The number of primary amides is 1. The van der Waals surface area contributed by atoms with E-state index in [2.05, 4.69) is 20.3 Å². The lowest BCUT2D eigenvalue weighted by atomic mass is 9.88. The molecule has 39 heavy (non-hydrogen) atoms. The van der Waals surface area contributed by atoms with E-state index in [0.29, 0.717) is 37.4 Å². The Morgan fingerprint density at radius 3 is 2.49 bits per heavy atom. The zero-order chi connectivity index (χ0) is 26.8. The summed E-state index contributed by atoms with van der Waals surface area (Å²) in [6.45, 7) is 1.12. The predicted octanol–water partition coefficient (Wildman–Crippen LogP) is 4.65. The molecule has 0 aliphatic carbocycles. The van der Waals surface area contributed by atoms with Crippen LogP contribution in [0.1, 0.15) is 45.2 Å². The maximum Gasteiger partial charge on any atom is 0.267 e. The van der Waals surface area contributed by atoms with E-state index in [9.17, 15) is 9.59 Å². The van der Waals surface area contributed by atoms with E-state index in [-0.39, 0.29) is 17.5 Å². The van der Waals surface area contributed by atoms with Crippen molar-refractivity contribution in [1.82, 2.24) is 24.3 Å². The fraction of sp³-hybridized carbons (Fsp3) is 0.167. The summed E-state index contributed by atoms with van der Waals surface area (Å²) in [4.78, 5) is 41.0. The fourth-order valence-corrected chi connectivity index (χ4v) is 5.06. The van der Waals surface area contributed by atoms with Crippen molar-refractivity contribution in [3.63, 3.8) is 0 Å². The van der Waals surface area contributed by atoms with Gasteiger partial charge in [-0.3, -0.25) is 9.59 Å². The van der Waals surface area contributed by atoms with E-state index < -0.39 is 5.91 Å². The number of likely N-dealkylation sites (tertiary alicyclic amines) is 1. The molecule has 0 unspecified atom stereocenters. The number of carbonyl (C=O) groups is 2. The minimum Gasteiger partial charge on any atom is -0.364 e. The van der Waals surface area contributed by atoms with Crippen LogP contribution in [-0.4, -0.2) is 49.2 Å². The van der Waals surface area contributed by atoms with Gasteiger partial charge in [-0.1, -0.05) is 36.4 Å². The van der Waals surface area contributed by atoms with Crippen molar-refractivity contribution in [1.29, 1.82) is 0 Å². The first-order chi connectivity index (χ1) is 19.0. The summed E-state index contributed by atoms with van der Waals surface area (Å²) >= 11 is 0. The number of amides is 2. The van der Waals surface area contributed by atoms with Gasteiger partial charge in [0, 0.05) is 54.1 Å². The van der Waals surface area contributed by atoms with Gasteiger partial charge in [-0.2, -0.15) is 0 Å². The van der Waals surface area contributed by atoms with Gasteiger partial charge in [-0.05, 0) is 55.2 Å². The average molecular weight is 518 g/mol. The smallest absolute Gasteiger partial charge is 0.267 e. The van der Waals surface area contributed by atoms with Crippen LogP contribution in [0.3, 0.4) is 0 Å². The van der Waals surface area contributed by atoms with Gasteiger partial charge in [0.15, 0.2) is 0 Å². The second kappa shape index (κ2) is 10.4. The zero-order valence-corrected chi connectivity index (χ0v) is 21.2. The number of anilines is 2. The molecule has 1 fully saturated rings. The van der Waals surface area contributed by atoms with Gasteiger partial charge in [0.25, 0.3) is 11.8 Å². The number of nitrogens with zero attached hydrogens (tertiary/aromatic N) is 5. The molecule has 1 aliphatic rings. The molecule has 0 spiro atoms. The van der Waals surface area contributed by atoms with E-state index in [1.54, 1.807) is 6.20 Å². The van der Waals surface area contributed by atoms with E-state index in [1.807, 2.05) is 94.5 Å². The first-order valence-electron chi connectivity index (χ1n) is 12.9. The molecule has 3 aromatic heterocycles. The quantitative estimate of drug-likeness (QED) is 0.338. The molecule has 0 saturated carbocycles. The molecular formula is C30H27N7O2. The summed E-state index contributed by atoms with van der Waals surface area (Å²) in [5.74, 6) is -0.262. The highest BCUT2D eigenvalue weighted by Gasteiger charge is 2.28. The minimum atomic E-state index is -0.592. The molecule has 9 heteroatoms. The van der Waals surface area contributed by atoms with Crippen LogP contribution in [0.25, 0.3) is 16.9 Å². The van der Waals surface area contributed by atoms with Crippen LogP contribution < -0.4 is 11.1 Å². The first-order valence-corrected chi connectivity index (χ1v) is 12.9. The van der Waals surface area contributed by atoms with Crippen LogP contribution in [-0.2, 0) is 0 Å². The van der Waals surface area contributed by atoms with Crippen LogP contribution in [0.5, 0.6) is 0 Å². The first kappa shape index (κ1) is 24.3. The molecule has 194 valence electrons. The number of fused-ring (bicyclic) bond motifs is 1. The highest BCUT2D eigenvalue weighted by Crippen LogP contribution is 2.31. The standard InChI is InChI=1S/C30H27N7O2/c31-28(38)27-24(18-32-30(35-27)33-23-9-2-1-3-10-23)20-12-15-36(16-13-20)29(39)22-8-6-7-21(17-22)25-19-37-14-5-4-11-26(37)34-25/h1-11,14,17-20H,12-13,15-16H2,(H2,31,38)(H,32,33,35). The van der Waals surface area contributed by atoms with Gasteiger partial charge in [0.05, 0.1) is 5.69 Å². The Hall–Kier alpha value is -5.05. The summed E-state index contributed by atoms with van der Waals surface area (Å²) in [5.41, 5.74) is 10.6. The zero-order valence-electron chi connectivity index (χ0n) is 21.2. The number of piperidine rings is 1. The van der Waals surface area contributed by atoms with Gasteiger partial charge in [-0.25, -0.2) is 15.0 Å². The number of para-hydroxylation sites is 1. The van der Waals surface area contributed by atoms with E-state index >= 15 is 0 Å². The number of pyridine rings is 1. The average Bonchev–Trinajstić information content (AvgIpc) is 3.42. The lowest BCUT2D eigenvalue weighted by molar-refractivity contribution is 0.0711. The van der Waals surface area contributed by atoms with Crippen LogP contribution in [0.15, 0.2) is 91.4 Å². The third kappa shape index (κ3) is 5.06. The van der Waals surface area contributed by atoms with Gasteiger partial charge >= 0.3 is 0 Å². The van der Waals surface area contributed by atoms with Crippen molar-refractivity contribution in [2.75, 3.05) is 18.4 Å². The van der Waals surface area contributed by atoms with Crippen molar-refractivity contribution in [2.45, 2.75) is 18.8 Å². The van der Waals surface area contributed by atoms with E-state index in [4.69, 9.17) is 5.73 Å². The summed E-state index contributed by atoms with van der Waals surface area (Å²) in [5, 5.41) is 3.10. The molecule has 0 atom stereocenters. The van der Waals surface area contributed by atoms with Crippen molar-refractivity contribution in [3.05, 3.63) is 108 Å². The molecule has 2 amide bonds. The van der Waals surface area contributed by atoms with Gasteiger partial charge < -0.3 is 20.4 Å². The Kier molecular flexibility index (Phi) is 6.46. The topological polar surface area (TPSA) is 119 Å². The molecule has 3 N–H and O–H groups in total. The Balaban J connectivity index is 1.15. The van der Waals surface area contributed by atoms with Crippen molar-refractivity contribution in [3.8, 4) is 11.3 Å². The summed E-state index contributed by atoms with van der Waals surface area (Å²) in [7, 11) is 0. The largest absolute Gasteiger partial charge is 0.364 e. The molecule has 4 heterocycles. The third-order valence-electron chi connectivity index (χ3n) is 7.07. The number of benzene rings is 2. The fourth-order valence-electron chi connectivity index (χ4n) is 5.06. The maximum absolute atomic E-state index is 13.4. The van der Waals surface area contributed by atoms with Crippen molar-refractivity contribution < 1.29 is 9.59 Å². The molecule has 2 aromatic carbocycles. The number of hydrogen-bond acceptors (Lipinski definition) is 6. The molecular weight excluding hydrogens is 490 g/mol. The summed E-state index contributed by atoms with van der Waals surface area (Å²) in [6.07, 6.45) is 6.97. The van der Waals surface area contributed by atoms with Crippen molar-refractivity contribution >= 4 is 29.1 Å². The Morgan fingerprint density at radius 1 is 0.923 bits per heavy atom. The lowest BCUT2D eigenvalue weighted by Crippen LogP contribution is -2.38. The normalized spacial score (nSPS) is 13.9. The van der Waals surface area contributed by atoms with Crippen LogP contribution in [0.4, 0.5) is 11.6 Å². The number of carbonyl (C=O) groups excluding carboxylic acids is 2. The predicted molar refractivity (Wildman–Crippen MR) is 149 cm³/mol. The maximum atomic E-state index is 13.4. The second-order valence-corrected chi connectivity index (χ2v) is 9.59. The SMILES string of the molecule is NC(=O)c1nc(Nc2ccccc2)ncc1C1CCN(C(=O)c2cccc(-c3cn4ccccc4n3)c2)CC1. The number of nitrogens with one attached hydrogen (secondary N) is 1. The third-order valence-corrected chi connectivity index (χ3v) is 7.07. The molecule has 1 aliphatic heterocycles.